The van der Waals surface area contributed by atoms with E-state index in [9.17, 15) is 21.8 Å². The molecule has 1 atom stereocenters. The maximum atomic E-state index is 11.3. The van der Waals surface area contributed by atoms with E-state index in [1.807, 2.05) is 0 Å². The van der Waals surface area contributed by atoms with E-state index in [0.29, 0.717) is 0 Å². The molecule has 1 unspecified atom stereocenters. The van der Waals surface area contributed by atoms with Crippen molar-refractivity contribution >= 4 is 11.4 Å². The van der Waals surface area contributed by atoms with Crippen molar-refractivity contribution in [3.63, 3.8) is 0 Å². The topological polar surface area (TPSA) is 35.5 Å². The zero-order valence-electron chi connectivity index (χ0n) is 5.77. The van der Waals surface area contributed by atoms with Gasteiger partial charge in [0.05, 0.1) is 13.3 Å². The quantitative estimate of drug-likeness (QED) is 0.509. The fourth-order valence-corrected chi connectivity index (χ4v) is 0.739. The minimum absolute atomic E-state index is 0.118. The fraction of sp³-hybridized carbons (Fsp3) is 1.00. The van der Waals surface area contributed by atoms with Gasteiger partial charge in [0.1, 0.15) is 0 Å². The van der Waals surface area contributed by atoms with E-state index in [4.69, 9.17) is 0 Å². The molecule has 0 spiro atoms. The molecule has 8 heteroatoms. The third-order valence-electron chi connectivity index (χ3n) is 0.620. The first-order valence-electron chi connectivity index (χ1n) is 2.83. The van der Waals surface area contributed by atoms with Gasteiger partial charge in [-0.05, 0) is 0 Å². The van der Waals surface area contributed by atoms with E-state index in [-0.39, 0.29) is 13.0 Å². The summed E-state index contributed by atoms with van der Waals surface area (Å²) in [6, 6.07) is 0. The SMILES string of the molecule is O=S(OCCCF)OC(F)(F)F. The first-order chi connectivity index (χ1) is 5.45. The van der Waals surface area contributed by atoms with E-state index >= 15 is 0 Å². The standard InChI is InChI=1S/C4H6F4O3S/c5-2-1-3-10-12(9)11-4(6,7)8/h1-3H2. The van der Waals surface area contributed by atoms with Crippen LogP contribution in [0.15, 0.2) is 0 Å². The average Bonchev–Trinajstić information content (AvgIpc) is 1.84. The van der Waals surface area contributed by atoms with Gasteiger partial charge in [-0.2, -0.15) is 8.39 Å². The van der Waals surface area contributed by atoms with Crippen LogP contribution in [0.25, 0.3) is 0 Å². The molecule has 0 rings (SSSR count). The second kappa shape index (κ2) is 5.44. The first kappa shape index (κ1) is 11.8. The molecule has 0 aliphatic heterocycles. The molecule has 0 heterocycles. The Morgan fingerprint density at radius 3 is 2.33 bits per heavy atom. The van der Waals surface area contributed by atoms with Gasteiger partial charge in [-0.15, -0.1) is 13.2 Å². The third kappa shape index (κ3) is 7.89. The minimum atomic E-state index is -5.00. The van der Waals surface area contributed by atoms with Crippen molar-refractivity contribution in [1.29, 1.82) is 0 Å². The van der Waals surface area contributed by atoms with Crippen LogP contribution >= 0.6 is 0 Å². The van der Waals surface area contributed by atoms with Gasteiger partial charge in [0.25, 0.3) is 0 Å². The normalized spacial score (nSPS) is 14.7. The van der Waals surface area contributed by atoms with Crippen LogP contribution < -0.4 is 0 Å². The number of halogens is 4. The van der Waals surface area contributed by atoms with Crippen molar-refractivity contribution in [3.8, 4) is 0 Å². The summed E-state index contributed by atoms with van der Waals surface area (Å²) in [5.74, 6) is 0. The van der Waals surface area contributed by atoms with Crippen molar-refractivity contribution in [2.45, 2.75) is 12.8 Å². The molecule has 0 saturated heterocycles. The molecule has 0 N–H and O–H groups in total. The summed E-state index contributed by atoms with van der Waals surface area (Å²) in [4.78, 5) is 0. The lowest BCUT2D eigenvalue weighted by atomic mass is 10.5. The summed E-state index contributed by atoms with van der Waals surface area (Å²) in [6.07, 6.45) is -5.12. The van der Waals surface area contributed by atoms with Gasteiger partial charge in [0, 0.05) is 6.42 Å². The number of rotatable bonds is 5. The van der Waals surface area contributed by atoms with Crippen molar-refractivity contribution in [2.75, 3.05) is 13.3 Å². The molecule has 0 radical (unpaired) electrons. The smallest absolute Gasteiger partial charge is 0.268 e. The van der Waals surface area contributed by atoms with E-state index in [1.54, 1.807) is 0 Å². The monoisotopic (exact) mass is 210 g/mol. The Morgan fingerprint density at radius 2 is 1.92 bits per heavy atom. The predicted octanol–water partition coefficient (Wildman–Crippen LogP) is 1.48. The van der Waals surface area contributed by atoms with Crippen LogP contribution in [0.5, 0.6) is 0 Å². The number of alkyl halides is 4. The molecule has 0 aromatic heterocycles. The van der Waals surface area contributed by atoms with Crippen LogP contribution in [0.4, 0.5) is 17.6 Å². The van der Waals surface area contributed by atoms with Gasteiger partial charge >= 0.3 is 17.7 Å². The van der Waals surface area contributed by atoms with Gasteiger partial charge < -0.3 is 0 Å². The molecule has 12 heavy (non-hydrogen) atoms. The molecule has 0 aliphatic carbocycles. The average molecular weight is 210 g/mol. The lowest BCUT2D eigenvalue weighted by molar-refractivity contribution is -0.272. The molecule has 0 aliphatic rings. The second-order valence-corrected chi connectivity index (χ2v) is 2.41. The van der Waals surface area contributed by atoms with E-state index < -0.39 is 24.4 Å². The highest BCUT2D eigenvalue weighted by Crippen LogP contribution is 2.18. The lowest BCUT2D eigenvalue weighted by Gasteiger charge is -2.04. The molecule has 0 aromatic carbocycles. The summed E-state index contributed by atoms with van der Waals surface area (Å²) in [5.41, 5.74) is 0. The number of hydrogen-bond donors (Lipinski definition) is 0. The molecule has 0 fully saturated rings. The first-order valence-corrected chi connectivity index (χ1v) is 3.83. The predicted molar refractivity (Wildman–Crippen MR) is 31.8 cm³/mol. The van der Waals surface area contributed by atoms with Crippen molar-refractivity contribution < 1.29 is 30.1 Å². The van der Waals surface area contributed by atoms with Gasteiger partial charge in [-0.1, -0.05) is 0 Å². The lowest BCUT2D eigenvalue weighted by Crippen LogP contribution is -2.17. The molecular formula is C4H6F4O3S. The molecule has 0 aromatic rings. The Morgan fingerprint density at radius 1 is 1.33 bits per heavy atom. The molecule has 0 amide bonds. The van der Waals surface area contributed by atoms with E-state index in [2.05, 4.69) is 8.37 Å². The van der Waals surface area contributed by atoms with Gasteiger partial charge in [0.2, 0.25) is 0 Å². The minimum Gasteiger partial charge on any atom is -0.268 e. The maximum absolute atomic E-state index is 11.3. The van der Waals surface area contributed by atoms with Crippen molar-refractivity contribution in [2.24, 2.45) is 0 Å². The summed E-state index contributed by atoms with van der Waals surface area (Å²) in [7, 11) is 0. The second-order valence-electron chi connectivity index (χ2n) is 1.60. The highest BCUT2D eigenvalue weighted by Gasteiger charge is 2.33. The van der Waals surface area contributed by atoms with Gasteiger partial charge in [-0.3, -0.25) is 8.57 Å². The Labute approximate surface area is 68.5 Å². The molecule has 0 bridgehead atoms. The molecular weight excluding hydrogens is 204 g/mol. The molecule has 3 nitrogen and oxygen atoms in total. The van der Waals surface area contributed by atoms with Crippen LogP contribution in [0, 0.1) is 0 Å². The highest BCUT2D eigenvalue weighted by molar-refractivity contribution is 7.75. The van der Waals surface area contributed by atoms with E-state index in [0.717, 1.165) is 0 Å². The summed E-state index contributed by atoms with van der Waals surface area (Å²) >= 11 is -2.88. The third-order valence-corrected chi connectivity index (χ3v) is 1.30. The van der Waals surface area contributed by atoms with Gasteiger partial charge in [0.15, 0.2) is 0 Å². The zero-order valence-corrected chi connectivity index (χ0v) is 6.58. The Bertz CT molecular complexity index is 148. The summed E-state index contributed by atoms with van der Waals surface area (Å²) in [5, 5.41) is 0. The summed E-state index contributed by atoms with van der Waals surface area (Å²) < 4.78 is 62.1. The van der Waals surface area contributed by atoms with Crippen molar-refractivity contribution in [1.82, 2.24) is 0 Å². The number of hydrogen-bond acceptors (Lipinski definition) is 3. The van der Waals surface area contributed by atoms with Crippen molar-refractivity contribution in [3.05, 3.63) is 0 Å². The van der Waals surface area contributed by atoms with Crippen LogP contribution in [-0.4, -0.2) is 23.9 Å². The Balaban J connectivity index is 3.47. The fourth-order valence-electron chi connectivity index (χ4n) is 0.283. The largest absolute Gasteiger partial charge is 0.537 e. The molecule has 0 saturated carbocycles. The molecule has 74 valence electrons. The van der Waals surface area contributed by atoms with Gasteiger partial charge in [-0.25, -0.2) is 0 Å². The summed E-state index contributed by atoms with van der Waals surface area (Å²) in [6.45, 7) is -1.12. The maximum Gasteiger partial charge on any atom is 0.537 e. The Kier molecular flexibility index (Phi) is 5.34. The van der Waals surface area contributed by atoms with Crippen LogP contribution in [-0.2, 0) is 19.7 Å². The van der Waals surface area contributed by atoms with Crippen LogP contribution in [0.2, 0.25) is 0 Å². The van der Waals surface area contributed by atoms with Crippen LogP contribution in [0.3, 0.4) is 0 Å². The highest BCUT2D eigenvalue weighted by atomic mass is 32.2. The zero-order chi connectivity index (χ0) is 9.61. The van der Waals surface area contributed by atoms with E-state index in [1.165, 1.54) is 0 Å². The Hall–Kier alpha value is -0.210. The van der Waals surface area contributed by atoms with Crippen LogP contribution in [0.1, 0.15) is 6.42 Å².